The van der Waals surface area contributed by atoms with Crippen molar-refractivity contribution >= 4 is 134 Å². The molecule has 1 aliphatic heterocycles. The average molecular weight is 1560 g/mol. The molecule has 19 aromatic rings. The molecule has 582 valence electrons. The van der Waals surface area contributed by atoms with Gasteiger partial charge in [-0.15, -0.1) is 0 Å². The van der Waals surface area contributed by atoms with E-state index in [4.69, 9.17) is 62.9 Å². The molecule has 0 bridgehead atoms. The minimum absolute atomic E-state index is 0.0444. The third-order valence-electron chi connectivity index (χ3n) is 22.2. The fraction of sp³-hybridized carbons (Fsp3) is 0.198. The predicted octanol–water partition coefficient (Wildman–Crippen LogP) is 12.8. The van der Waals surface area contributed by atoms with E-state index in [0.29, 0.717) is 125 Å². The first-order valence-electron chi connectivity index (χ1n) is 38.4. The smallest absolute Gasteiger partial charge is 0.292 e. The molecule has 12 N–H and O–H groups in total. The molecule has 1 aliphatic carbocycles. The number of hydrogen-bond donors (Lipinski definition) is 6. The van der Waals surface area contributed by atoms with Crippen LogP contribution in [0.5, 0.6) is 0 Å². The Hall–Kier alpha value is -15.0. The van der Waals surface area contributed by atoms with Gasteiger partial charge in [0.15, 0.2) is 33.7 Å². The first-order chi connectivity index (χ1) is 56.7. The second-order valence-corrected chi connectivity index (χ2v) is 30.0. The number of likely N-dealkylation sites (tertiary alicyclic amines) is 1. The number of aromatic nitrogens is 18. The van der Waals surface area contributed by atoms with E-state index in [-0.39, 0.29) is 53.4 Å². The van der Waals surface area contributed by atoms with Gasteiger partial charge in [0, 0.05) is 70.7 Å². The van der Waals surface area contributed by atoms with Gasteiger partial charge in [0.2, 0.25) is 0 Å². The Morgan fingerprint density at radius 3 is 1.13 bits per heavy atom. The molecule has 0 atom stereocenters. The number of nitrogen functional groups attached to an aromatic ring is 6. The maximum atomic E-state index is 14.2. The molecular formula is C86H77N25O6. The Morgan fingerprint density at radius 2 is 0.752 bits per heavy atom. The predicted molar refractivity (Wildman–Crippen MR) is 452 cm³/mol. The number of hydrogen-bond acceptors (Lipinski definition) is 25. The van der Waals surface area contributed by atoms with E-state index in [2.05, 4.69) is 75.7 Å². The summed E-state index contributed by atoms with van der Waals surface area (Å²) in [6.45, 7) is 13.2. The number of aryl methyl sites for hydroxylation is 3. The number of pyridine rings is 3. The Morgan fingerprint density at radius 1 is 0.393 bits per heavy atom. The third kappa shape index (κ3) is 12.9. The molecular weight excluding hydrogens is 1480 g/mol. The van der Waals surface area contributed by atoms with Gasteiger partial charge in [-0.25, -0.2) is 43.9 Å². The molecule has 7 aromatic carbocycles. The molecule has 1 saturated heterocycles. The molecule has 12 aromatic heterocycles. The van der Waals surface area contributed by atoms with E-state index in [1.54, 1.807) is 26.1 Å². The molecule has 31 heteroatoms. The molecule has 0 radical (unpaired) electrons. The SMILES string of the molecule is Cc1cccc2cc(Cn3nc(-c4ccc5oc(N)nc5c4)c4c(N)ncnc43)n(-c3ccccc3)c(=O)c12.Cc1cccc2cc(Cn3nc(-c4ccc5oc(N)nc5c4)c4c(N)ncnc43)n(C3CC3)c(=O)c12.Cc1cccc2cc(Cn3nc(-c4ccc5oc(N)nc5c4)c4c(N)ncnc43)n(C3CCN(C(C)C)CC3)c(=O)c12. The summed E-state index contributed by atoms with van der Waals surface area (Å²) in [4.78, 5) is 83.2. The van der Waals surface area contributed by atoms with Gasteiger partial charge in [-0.2, -0.15) is 30.2 Å². The summed E-state index contributed by atoms with van der Waals surface area (Å²) >= 11 is 0. The van der Waals surface area contributed by atoms with Crippen molar-refractivity contribution in [3.05, 3.63) is 242 Å². The largest absolute Gasteiger partial charge is 0.424 e. The molecule has 0 amide bonds. The summed E-state index contributed by atoms with van der Waals surface area (Å²) in [5.74, 6) is 0.957. The average Bonchev–Trinajstić information content (AvgIpc) is 1.57. The molecule has 0 unspecified atom stereocenters. The number of nitrogens with two attached hydrogens (primary N) is 6. The van der Waals surface area contributed by atoms with Gasteiger partial charge < -0.3 is 61.7 Å². The van der Waals surface area contributed by atoms with Crippen molar-refractivity contribution in [2.45, 2.75) is 98.1 Å². The highest BCUT2D eigenvalue weighted by atomic mass is 16.4. The standard InChI is InChI=1S/C31H33N9O2.C29H22N8O2.C26H22N8O2/c1-17(2)38-11-9-21(10-12-38)40-22(13-19-6-4-5-18(3)25(19)30(40)41)15-39-29-26(28(32)34-16-35-29)27(37-39)20-7-8-24-23(14-20)36-31(33)42-24;1-16-6-5-7-17-12-20(37(28(38)23(16)17)19-8-3-2-4-9-19)14-36-27-24(26(30)32-15-33-27)25(35-36)18-10-11-22-21(13-18)34-29(31)39-22;1-13-3-2-4-14-9-17(34(16-6-7-16)25(35)20(13)14)11-33-24-21(23(27)29-12-30-24)22(32-33)15-5-8-19-18(10-15)31-26(28)36-19/h4-8,13-14,16-17,21H,9-12,15H2,1-3H3,(H2,33,36)(H2,32,34,35);2-13,15H,14H2,1H3,(H2,31,34)(H2,30,32,33);2-5,8-10,12,16H,6-7,11H2,1H3,(H2,28,31)(H2,27,29,30). The van der Waals surface area contributed by atoms with Crippen molar-refractivity contribution in [1.29, 1.82) is 0 Å². The number of benzene rings is 7. The summed E-state index contributed by atoms with van der Waals surface area (Å²) in [5.41, 5.74) is 52.0. The summed E-state index contributed by atoms with van der Waals surface area (Å²) in [6, 6.07) is 51.3. The number of nitrogens with zero attached hydrogens (tertiary/aromatic N) is 19. The molecule has 31 nitrogen and oxygen atoms in total. The fourth-order valence-electron chi connectivity index (χ4n) is 16.6. The lowest BCUT2D eigenvalue weighted by Gasteiger charge is -2.36. The number of anilines is 6. The quantitative estimate of drug-likeness (QED) is 0.0624. The number of piperidine rings is 1. The second-order valence-electron chi connectivity index (χ2n) is 30.0. The minimum atomic E-state index is -0.0910. The Labute approximate surface area is 663 Å². The fourth-order valence-corrected chi connectivity index (χ4v) is 16.6. The summed E-state index contributed by atoms with van der Waals surface area (Å²) in [5, 5.41) is 21.7. The van der Waals surface area contributed by atoms with E-state index in [1.165, 1.54) is 19.0 Å². The molecule has 21 rings (SSSR count). The number of oxazole rings is 3. The zero-order chi connectivity index (χ0) is 80.3. The van der Waals surface area contributed by atoms with Gasteiger partial charge in [-0.3, -0.25) is 19.0 Å². The van der Waals surface area contributed by atoms with Crippen molar-refractivity contribution in [1.82, 2.24) is 92.8 Å². The van der Waals surface area contributed by atoms with Crippen LogP contribution in [-0.2, 0) is 19.6 Å². The van der Waals surface area contributed by atoms with E-state index in [9.17, 15) is 14.4 Å². The molecule has 1 saturated carbocycles. The zero-order valence-corrected chi connectivity index (χ0v) is 64.2. The Balaban J connectivity index is 0.000000117. The summed E-state index contributed by atoms with van der Waals surface area (Å²) in [7, 11) is 0. The van der Waals surface area contributed by atoms with Gasteiger partial charge in [0.25, 0.3) is 34.7 Å². The van der Waals surface area contributed by atoms with Crippen LogP contribution in [0.15, 0.2) is 204 Å². The van der Waals surface area contributed by atoms with Crippen molar-refractivity contribution in [3.63, 3.8) is 0 Å². The van der Waals surface area contributed by atoms with Crippen molar-refractivity contribution < 1.29 is 13.3 Å². The molecule has 117 heavy (non-hydrogen) atoms. The van der Waals surface area contributed by atoms with Crippen LogP contribution in [0.25, 0.3) is 138 Å². The van der Waals surface area contributed by atoms with Gasteiger partial charge in [-0.05, 0) is 178 Å². The van der Waals surface area contributed by atoms with Gasteiger partial charge in [-0.1, -0.05) is 72.8 Å². The van der Waals surface area contributed by atoms with Crippen LogP contribution in [0.3, 0.4) is 0 Å². The van der Waals surface area contributed by atoms with E-state index in [1.807, 2.05) is 168 Å². The molecule has 13 heterocycles. The van der Waals surface area contributed by atoms with E-state index in [0.717, 1.165) is 122 Å². The lowest BCUT2D eigenvalue weighted by atomic mass is 10.0. The minimum Gasteiger partial charge on any atom is -0.424 e. The molecule has 0 spiro atoms. The Kier molecular flexibility index (Phi) is 17.6. The molecule has 2 fully saturated rings. The maximum absolute atomic E-state index is 14.2. The van der Waals surface area contributed by atoms with Crippen LogP contribution in [0, 0.1) is 20.8 Å². The van der Waals surface area contributed by atoms with Gasteiger partial charge in [0.05, 0.1) is 52.0 Å². The number of rotatable bonds is 13. The number of para-hydroxylation sites is 1. The van der Waals surface area contributed by atoms with Crippen molar-refractivity contribution in [2.75, 3.05) is 47.5 Å². The number of fused-ring (bicyclic) bond motifs is 9. The first kappa shape index (κ1) is 72.2. The third-order valence-corrected chi connectivity index (χ3v) is 22.2. The van der Waals surface area contributed by atoms with E-state index < -0.39 is 0 Å². The Bertz CT molecular complexity index is 7420. The first-order valence-corrected chi connectivity index (χ1v) is 38.4. The lowest BCUT2D eigenvalue weighted by Crippen LogP contribution is -2.41. The van der Waals surface area contributed by atoms with Crippen molar-refractivity contribution in [3.8, 4) is 39.5 Å². The second kappa shape index (κ2) is 28.6. The van der Waals surface area contributed by atoms with Crippen LogP contribution in [0.4, 0.5) is 35.5 Å². The summed E-state index contributed by atoms with van der Waals surface area (Å²) < 4.78 is 27.3. The monoisotopic (exact) mass is 1560 g/mol. The van der Waals surface area contributed by atoms with Crippen LogP contribution in [0.1, 0.15) is 85.4 Å². The van der Waals surface area contributed by atoms with Crippen LogP contribution in [0.2, 0.25) is 0 Å². The molecule has 2 aliphatic rings. The lowest BCUT2D eigenvalue weighted by molar-refractivity contribution is 0.149. The van der Waals surface area contributed by atoms with Crippen LogP contribution < -0.4 is 51.1 Å². The van der Waals surface area contributed by atoms with Crippen molar-refractivity contribution in [2.24, 2.45) is 0 Å². The summed E-state index contributed by atoms with van der Waals surface area (Å²) in [6.07, 6.45) is 8.08. The highest BCUT2D eigenvalue weighted by Gasteiger charge is 2.31. The van der Waals surface area contributed by atoms with Gasteiger partial charge in [0.1, 0.15) is 70.1 Å². The van der Waals surface area contributed by atoms with E-state index >= 15 is 0 Å². The topological polar surface area (TPSA) is 434 Å². The highest BCUT2D eigenvalue weighted by Crippen LogP contribution is 2.40. The maximum Gasteiger partial charge on any atom is 0.292 e. The zero-order valence-electron chi connectivity index (χ0n) is 64.2. The normalized spacial score (nSPS) is 13.5. The van der Waals surface area contributed by atoms with Crippen LogP contribution in [-0.4, -0.2) is 112 Å². The van der Waals surface area contributed by atoms with Gasteiger partial charge >= 0.3 is 0 Å². The van der Waals surface area contributed by atoms with Crippen LogP contribution >= 0.6 is 0 Å². The highest BCUT2D eigenvalue weighted by molar-refractivity contribution is 6.02.